The largest absolute Gasteiger partial charge is 0.495 e. The maximum Gasteiger partial charge on any atom is 0.323 e. The minimum absolute atomic E-state index is 0.0118. The molecule has 0 radical (unpaired) electrons. The van der Waals surface area contributed by atoms with E-state index < -0.39 is 16.1 Å². The van der Waals surface area contributed by atoms with E-state index >= 15 is 0 Å². The third kappa shape index (κ3) is 6.16. The summed E-state index contributed by atoms with van der Waals surface area (Å²) < 4.78 is 39.6. The molecule has 4 rings (SSSR count). The van der Waals surface area contributed by atoms with Crippen LogP contribution in [0.15, 0.2) is 71.6 Å². The summed E-state index contributed by atoms with van der Waals surface area (Å²) in [5.41, 5.74) is 1.89. The molecule has 11 heteroatoms. The van der Waals surface area contributed by atoms with E-state index in [1.165, 1.54) is 19.2 Å². The fraction of sp³-hybridized carbons (Fsp3) is 0.208. The van der Waals surface area contributed by atoms with Crippen LogP contribution in [0, 0.1) is 0 Å². The van der Waals surface area contributed by atoms with Crippen LogP contribution >= 0.6 is 11.6 Å². The van der Waals surface area contributed by atoms with E-state index in [1.54, 1.807) is 54.6 Å². The highest BCUT2D eigenvalue weighted by Gasteiger charge is 2.22. The van der Waals surface area contributed by atoms with Gasteiger partial charge in [-0.2, -0.15) is 0 Å². The second kappa shape index (κ2) is 10.9. The third-order valence-electron chi connectivity index (χ3n) is 5.33. The number of nitrogens with one attached hydrogen (secondary N) is 3. The lowest BCUT2D eigenvalue weighted by molar-refractivity contribution is 0.123. The average Bonchev–Trinajstić information content (AvgIpc) is 2.86. The zero-order chi connectivity index (χ0) is 24.8. The number of nitrogens with zero attached hydrogens (tertiary/aromatic N) is 1. The number of carbonyl (C=O) groups is 1. The average molecular weight is 517 g/mol. The van der Waals surface area contributed by atoms with Crippen LogP contribution < -0.4 is 25.0 Å². The quantitative estimate of drug-likeness (QED) is 0.422. The summed E-state index contributed by atoms with van der Waals surface area (Å²) in [4.78, 5) is 14.8. The molecular formula is C24H25ClN4O5S. The van der Waals surface area contributed by atoms with E-state index in [2.05, 4.69) is 15.4 Å². The predicted molar refractivity (Wildman–Crippen MR) is 137 cm³/mol. The summed E-state index contributed by atoms with van der Waals surface area (Å²) in [5, 5.41) is 6.06. The van der Waals surface area contributed by atoms with E-state index in [-0.39, 0.29) is 4.90 Å². The molecule has 0 spiro atoms. The van der Waals surface area contributed by atoms with Gasteiger partial charge in [-0.1, -0.05) is 23.7 Å². The van der Waals surface area contributed by atoms with Crippen molar-refractivity contribution in [1.82, 2.24) is 0 Å². The van der Waals surface area contributed by atoms with Gasteiger partial charge in [0.1, 0.15) is 5.75 Å². The van der Waals surface area contributed by atoms with Gasteiger partial charge in [0, 0.05) is 23.8 Å². The standard InChI is InChI=1S/C24H25ClN4O5S/c1-33-23-5-3-2-4-20(23)28-35(31,32)19-10-11-22(29-12-14-34-15-13-29)21(16-19)27-24(30)26-18-8-6-17(25)7-9-18/h2-11,16,28H,12-15H2,1H3,(H2,26,27,30). The maximum absolute atomic E-state index is 13.2. The van der Waals surface area contributed by atoms with Crippen LogP contribution in [0.2, 0.25) is 5.02 Å². The molecule has 1 aliphatic heterocycles. The molecule has 2 amide bonds. The zero-order valence-corrected chi connectivity index (χ0v) is 20.5. The number of hydrogen-bond acceptors (Lipinski definition) is 6. The molecule has 0 bridgehead atoms. The Morgan fingerprint density at radius 3 is 2.40 bits per heavy atom. The number of methoxy groups -OCH3 is 1. The van der Waals surface area contributed by atoms with Crippen molar-refractivity contribution in [1.29, 1.82) is 0 Å². The van der Waals surface area contributed by atoms with E-state index in [4.69, 9.17) is 21.1 Å². The lowest BCUT2D eigenvalue weighted by atomic mass is 10.2. The van der Waals surface area contributed by atoms with Gasteiger partial charge in [-0.3, -0.25) is 4.72 Å². The summed E-state index contributed by atoms with van der Waals surface area (Å²) in [6, 6.07) is 17.5. The van der Waals surface area contributed by atoms with Gasteiger partial charge in [0.25, 0.3) is 10.0 Å². The topological polar surface area (TPSA) is 109 Å². The zero-order valence-electron chi connectivity index (χ0n) is 19.0. The first kappa shape index (κ1) is 24.6. The molecule has 3 aromatic carbocycles. The number of para-hydroxylation sites is 2. The number of anilines is 4. The summed E-state index contributed by atoms with van der Waals surface area (Å²) in [6.07, 6.45) is 0. The SMILES string of the molecule is COc1ccccc1NS(=O)(=O)c1ccc(N2CCOCC2)c(NC(=O)Nc2ccc(Cl)cc2)c1. The molecule has 0 saturated carbocycles. The Bertz CT molecular complexity index is 1300. The van der Waals surface area contributed by atoms with E-state index in [1.807, 2.05) is 4.90 Å². The smallest absolute Gasteiger partial charge is 0.323 e. The molecule has 9 nitrogen and oxygen atoms in total. The number of hydrogen-bond donors (Lipinski definition) is 3. The fourth-order valence-corrected chi connectivity index (χ4v) is 4.84. The van der Waals surface area contributed by atoms with Crippen LogP contribution in [-0.2, 0) is 14.8 Å². The molecule has 1 fully saturated rings. The number of carbonyl (C=O) groups excluding carboxylic acids is 1. The Hall–Kier alpha value is -3.47. The first-order valence-electron chi connectivity index (χ1n) is 10.8. The second-order valence-electron chi connectivity index (χ2n) is 7.67. The van der Waals surface area contributed by atoms with E-state index in [0.717, 1.165) is 0 Å². The lowest BCUT2D eigenvalue weighted by Gasteiger charge is -2.30. The van der Waals surface area contributed by atoms with Gasteiger partial charge in [-0.15, -0.1) is 0 Å². The van der Waals surface area contributed by atoms with Gasteiger partial charge in [-0.05, 0) is 54.6 Å². The number of benzene rings is 3. The van der Waals surface area contributed by atoms with Crippen molar-refractivity contribution in [2.24, 2.45) is 0 Å². The molecule has 0 unspecified atom stereocenters. The highest BCUT2D eigenvalue weighted by molar-refractivity contribution is 7.92. The second-order valence-corrected chi connectivity index (χ2v) is 9.79. The van der Waals surface area contributed by atoms with Crippen molar-refractivity contribution in [3.63, 3.8) is 0 Å². The molecule has 3 aromatic rings. The van der Waals surface area contributed by atoms with Crippen LogP contribution in [-0.4, -0.2) is 47.9 Å². The highest BCUT2D eigenvalue weighted by Crippen LogP contribution is 2.32. The molecule has 1 heterocycles. The van der Waals surface area contributed by atoms with Crippen LogP contribution in [0.25, 0.3) is 0 Å². The Labute approximate surface area is 209 Å². The van der Waals surface area contributed by atoms with E-state index in [9.17, 15) is 13.2 Å². The van der Waals surface area contributed by atoms with Crippen LogP contribution in [0.5, 0.6) is 5.75 Å². The van der Waals surface area contributed by atoms with Gasteiger partial charge >= 0.3 is 6.03 Å². The summed E-state index contributed by atoms with van der Waals surface area (Å²) in [7, 11) is -2.51. The predicted octanol–water partition coefficient (Wildman–Crippen LogP) is 4.63. The highest BCUT2D eigenvalue weighted by atomic mass is 35.5. The molecule has 0 aromatic heterocycles. The van der Waals surface area contributed by atoms with Gasteiger partial charge < -0.3 is 25.0 Å². The van der Waals surface area contributed by atoms with Gasteiger partial charge in [0.05, 0.1) is 42.3 Å². The number of amides is 2. The minimum Gasteiger partial charge on any atom is -0.495 e. The number of morpholine rings is 1. The Morgan fingerprint density at radius 2 is 1.69 bits per heavy atom. The van der Waals surface area contributed by atoms with Crippen molar-refractivity contribution in [2.75, 3.05) is 53.7 Å². The van der Waals surface area contributed by atoms with Crippen molar-refractivity contribution in [3.05, 3.63) is 71.8 Å². The fourth-order valence-electron chi connectivity index (χ4n) is 3.61. The summed E-state index contributed by atoms with van der Waals surface area (Å²) >= 11 is 5.91. The van der Waals surface area contributed by atoms with Crippen LogP contribution in [0.3, 0.4) is 0 Å². The molecule has 1 saturated heterocycles. The van der Waals surface area contributed by atoms with Crippen molar-refractivity contribution < 1.29 is 22.7 Å². The van der Waals surface area contributed by atoms with Gasteiger partial charge in [-0.25, -0.2) is 13.2 Å². The number of ether oxygens (including phenoxy) is 2. The summed E-state index contributed by atoms with van der Waals surface area (Å²) in [6.45, 7) is 2.29. The maximum atomic E-state index is 13.2. The number of sulfonamides is 1. The molecule has 1 aliphatic rings. The molecule has 0 atom stereocenters. The first-order chi connectivity index (χ1) is 16.9. The molecule has 0 aliphatic carbocycles. The molecule has 35 heavy (non-hydrogen) atoms. The van der Waals surface area contributed by atoms with Gasteiger partial charge in [0.15, 0.2) is 0 Å². The Balaban J connectivity index is 1.63. The van der Waals surface area contributed by atoms with Crippen molar-refractivity contribution in [3.8, 4) is 5.75 Å². The van der Waals surface area contributed by atoms with Crippen molar-refractivity contribution in [2.45, 2.75) is 4.90 Å². The van der Waals surface area contributed by atoms with Crippen LogP contribution in [0.1, 0.15) is 0 Å². The van der Waals surface area contributed by atoms with E-state index in [0.29, 0.717) is 59.8 Å². The van der Waals surface area contributed by atoms with Crippen molar-refractivity contribution >= 4 is 50.4 Å². The normalized spacial score (nSPS) is 13.7. The minimum atomic E-state index is -3.97. The monoisotopic (exact) mass is 516 g/mol. The molecular weight excluding hydrogens is 492 g/mol. The number of urea groups is 1. The number of halogens is 1. The Kier molecular flexibility index (Phi) is 7.64. The first-order valence-corrected chi connectivity index (χ1v) is 12.7. The number of rotatable bonds is 7. The van der Waals surface area contributed by atoms with Crippen LogP contribution in [0.4, 0.5) is 27.5 Å². The Morgan fingerprint density at radius 1 is 0.971 bits per heavy atom. The lowest BCUT2D eigenvalue weighted by Crippen LogP contribution is -2.37. The van der Waals surface area contributed by atoms with Gasteiger partial charge in [0.2, 0.25) is 0 Å². The molecule has 3 N–H and O–H groups in total. The molecule has 184 valence electrons. The summed E-state index contributed by atoms with van der Waals surface area (Å²) in [5.74, 6) is 0.390. The third-order valence-corrected chi connectivity index (χ3v) is 6.95.